The lowest BCUT2D eigenvalue weighted by Gasteiger charge is -2.24. The molecule has 0 saturated heterocycles. The Morgan fingerprint density at radius 2 is 1.90 bits per heavy atom. The van der Waals surface area contributed by atoms with Crippen molar-refractivity contribution in [1.82, 2.24) is 4.90 Å². The van der Waals surface area contributed by atoms with E-state index in [2.05, 4.69) is 4.74 Å². The highest BCUT2D eigenvalue weighted by molar-refractivity contribution is 5.94. The highest BCUT2D eigenvalue weighted by atomic mass is 19.1. The molecule has 0 aliphatic rings. The molecule has 5 heteroatoms. The first-order chi connectivity index (χ1) is 9.49. The number of ether oxygens (including phenoxy) is 1. The molecule has 0 aliphatic carbocycles. The molecular formula is C15H20FNO3. The second-order valence-corrected chi connectivity index (χ2v) is 4.68. The molecule has 0 fully saturated rings. The van der Waals surface area contributed by atoms with E-state index in [-0.39, 0.29) is 24.2 Å². The number of amides is 1. The van der Waals surface area contributed by atoms with Gasteiger partial charge in [-0.2, -0.15) is 0 Å². The normalized spacial score (nSPS) is 11.8. The van der Waals surface area contributed by atoms with Gasteiger partial charge in [-0.15, -0.1) is 0 Å². The van der Waals surface area contributed by atoms with Crippen molar-refractivity contribution in [3.63, 3.8) is 0 Å². The van der Waals surface area contributed by atoms with Crippen molar-refractivity contribution in [2.45, 2.75) is 20.3 Å². The monoisotopic (exact) mass is 281 g/mol. The van der Waals surface area contributed by atoms with Gasteiger partial charge in [0.15, 0.2) is 0 Å². The zero-order chi connectivity index (χ0) is 15.1. The van der Waals surface area contributed by atoms with Gasteiger partial charge >= 0.3 is 5.97 Å². The zero-order valence-electron chi connectivity index (χ0n) is 12.1. The van der Waals surface area contributed by atoms with E-state index >= 15 is 0 Å². The van der Waals surface area contributed by atoms with Crippen LogP contribution >= 0.6 is 0 Å². The van der Waals surface area contributed by atoms with Gasteiger partial charge in [-0.1, -0.05) is 13.8 Å². The predicted molar refractivity (Wildman–Crippen MR) is 73.8 cm³/mol. The molecule has 0 saturated carbocycles. The first-order valence-corrected chi connectivity index (χ1v) is 6.62. The molecule has 110 valence electrons. The van der Waals surface area contributed by atoms with Crippen molar-refractivity contribution in [1.29, 1.82) is 0 Å². The first kappa shape index (κ1) is 16.1. The number of methoxy groups -OCH3 is 1. The third-order valence-electron chi connectivity index (χ3n) is 2.97. The van der Waals surface area contributed by atoms with Crippen LogP contribution in [0.25, 0.3) is 0 Å². The van der Waals surface area contributed by atoms with Gasteiger partial charge in [-0.3, -0.25) is 9.59 Å². The third kappa shape index (κ3) is 4.33. The molecule has 0 spiro atoms. The van der Waals surface area contributed by atoms with Crippen LogP contribution in [0.1, 0.15) is 30.6 Å². The van der Waals surface area contributed by atoms with E-state index in [0.717, 1.165) is 6.42 Å². The Labute approximate surface area is 118 Å². The number of benzene rings is 1. The first-order valence-electron chi connectivity index (χ1n) is 6.62. The molecule has 4 nitrogen and oxygen atoms in total. The Hall–Kier alpha value is -1.91. The van der Waals surface area contributed by atoms with Crippen LogP contribution in [0, 0.1) is 11.7 Å². The van der Waals surface area contributed by atoms with E-state index in [1.54, 1.807) is 11.8 Å². The van der Waals surface area contributed by atoms with E-state index < -0.39 is 5.92 Å². The molecule has 0 aliphatic heterocycles. The number of hydrogen-bond acceptors (Lipinski definition) is 3. The molecule has 1 amide bonds. The van der Waals surface area contributed by atoms with E-state index in [1.807, 2.05) is 6.92 Å². The lowest BCUT2D eigenvalue weighted by molar-refractivity contribution is -0.145. The molecule has 0 bridgehead atoms. The van der Waals surface area contributed by atoms with E-state index in [4.69, 9.17) is 0 Å². The summed E-state index contributed by atoms with van der Waals surface area (Å²) in [4.78, 5) is 25.4. The summed E-state index contributed by atoms with van der Waals surface area (Å²) in [5.74, 6) is -1.33. The van der Waals surface area contributed by atoms with Crippen LogP contribution in [0.3, 0.4) is 0 Å². The van der Waals surface area contributed by atoms with Gasteiger partial charge in [0.1, 0.15) is 5.82 Å². The van der Waals surface area contributed by atoms with Crippen LogP contribution in [0.2, 0.25) is 0 Å². The van der Waals surface area contributed by atoms with Crippen molar-refractivity contribution >= 4 is 11.9 Å². The molecule has 0 heterocycles. The second kappa shape index (κ2) is 7.62. The molecule has 0 radical (unpaired) electrons. The third-order valence-corrected chi connectivity index (χ3v) is 2.97. The van der Waals surface area contributed by atoms with E-state index in [0.29, 0.717) is 12.1 Å². The fourth-order valence-electron chi connectivity index (χ4n) is 1.93. The van der Waals surface area contributed by atoms with Gasteiger partial charge in [0.25, 0.3) is 5.91 Å². The molecule has 1 rings (SSSR count). The fourth-order valence-corrected chi connectivity index (χ4v) is 1.93. The average Bonchev–Trinajstić information content (AvgIpc) is 2.45. The van der Waals surface area contributed by atoms with Crippen LogP contribution < -0.4 is 0 Å². The van der Waals surface area contributed by atoms with Crippen molar-refractivity contribution < 1.29 is 18.7 Å². The summed E-state index contributed by atoms with van der Waals surface area (Å²) in [6, 6.07) is 5.40. The Bertz CT molecular complexity index is 459. The lowest BCUT2D eigenvalue weighted by Crippen LogP contribution is -2.37. The average molecular weight is 281 g/mol. The molecule has 0 aromatic heterocycles. The van der Waals surface area contributed by atoms with Gasteiger partial charge in [0, 0.05) is 18.7 Å². The SMILES string of the molecule is CCCN(CC(C)C(=O)OC)C(=O)c1ccc(F)cc1. The number of esters is 1. The Kier molecular flexibility index (Phi) is 6.15. The van der Waals surface area contributed by atoms with Crippen molar-refractivity contribution in [2.24, 2.45) is 5.92 Å². The highest BCUT2D eigenvalue weighted by Gasteiger charge is 2.21. The minimum Gasteiger partial charge on any atom is -0.469 e. The van der Waals surface area contributed by atoms with Crippen LogP contribution in [-0.2, 0) is 9.53 Å². The van der Waals surface area contributed by atoms with Gasteiger partial charge in [-0.25, -0.2) is 4.39 Å². The van der Waals surface area contributed by atoms with Gasteiger partial charge in [0.05, 0.1) is 13.0 Å². The number of hydrogen-bond donors (Lipinski definition) is 0. The summed E-state index contributed by atoms with van der Waals surface area (Å²) >= 11 is 0. The van der Waals surface area contributed by atoms with Gasteiger partial charge in [0.2, 0.25) is 0 Å². The van der Waals surface area contributed by atoms with E-state index in [9.17, 15) is 14.0 Å². The minimum absolute atomic E-state index is 0.206. The summed E-state index contributed by atoms with van der Waals surface area (Å²) in [5.41, 5.74) is 0.414. The Morgan fingerprint density at radius 1 is 1.30 bits per heavy atom. The molecule has 1 aromatic carbocycles. The van der Waals surface area contributed by atoms with Crippen LogP contribution in [0.5, 0.6) is 0 Å². The summed E-state index contributed by atoms with van der Waals surface area (Å²) in [7, 11) is 1.32. The summed E-state index contributed by atoms with van der Waals surface area (Å²) in [6.07, 6.45) is 0.779. The topological polar surface area (TPSA) is 46.6 Å². The molecule has 1 aromatic rings. The van der Waals surface area contributed by atoms with Crippen molar-refractivity contribution in [2.75, 3.05) is 20.2 Å². The largest absolute Gasteiger partial charge is 0.469 e. The van der Waals surface area contributed by atoms with Gasteiger partial charge < -0.3 is 9.64 Å². The standard InChI is InChI=1S/C15H20FNO3/c1-4-9-17(10-11(2)15(19)20-3)14(18)12-5-7-13(16)8-6-12/h5-8,11H,4,9-10H2,1-3H3. The van der Waals surface area contributed by atoms with Crippen molar-refractivity contribution in [3.05, 3.63) is 35.6 Å². The summed E-state index contributed by atoms with van der Waals surface area (Å²) in [6.45, 7) is 4.49. The highest BCUT2D eigenvalue weighted by Crippen LogP contribution is 2.10. The molecular weight excluding hydrogens is 261 g/mol. The minimum atomic E-state index is -0.393. The van der Waals surface area contributed by atoms with Gasteiger partial charge in [-0.05, 0) is 30.7 Å². The molecule has 1 atom stereocenters. The predicted octanol–water partition coefficient (Wildman–Crippen LogP) is 2.49. The fraction of sp³-hybridized carbons (Fsp3) is 0.467. The number of rotatable bonds is 6. The van der Waals surface area contributed by atoms with E-state index in [1.165, 1.54) is 31.4 Å². The Balaban J connectivity index is 2.81. The smallest absolute Gasteiger partial charge is 0.310 e. The van der Waals surface area contributed by atoms with Crippen molar-refractivity contribution in [3.8, 4) is 0 Å². The van der Waals surface area contributed by atoms with Crippen LogP contribution in [0.15, 0.2) is 24.3 Å². The molecule has 20 heavy (non-hydrogen) atoms. The maximum Gasteiger partial charge on any atom is 0.310 e. The zero-order valence-corrected chi connectivity index (χ0v) is 12.1. The number of carbonyl (C=O) groups is 2. The maximum atomic E-state index is 12.9. The maximum absolute atomic E-state index is 12.9. The molecule has 0 N–H and O–H groups in total. The number of carbonyl (C=O) groups excluding carboxylic acids is 2. The summed E-state index contributed by atoms with van der Waals surface area (Å²) in [5, 5.41) is 0. The second-order valence-electron chi connectivity index (χ2n) is 4.68. The summed E-state index contributed by atoms with van der Waals surface area (Å²) < 4.78 is 17.5. The Morgan fingerprint density at radius 3 is 2.40 bits per heavy atom. The number of nitrogens with zero attached hydrogens (tertiary/aromatic N) is 1. The van der Waals surface area contributed by atoms with Crippen LogP contribution in [0.4, 0.5) is 4.39 Å². The molecule has 1 unspecified atom stereocenters. The lowest BCUT2D eigenvalue weighted by atomic mass is 10.1. The van der Waals surface area contributed by atoms with Crippen LogP contribution in [-0.4, -0.2) is 37.0 Å². The number of halogens is 1. The quantitative estimate of drug-likeness (QED) is 0.753.